The van der Waals surface area contributed by atoms with Gasteiger partial charge in [0, 0.05) is 9.49 Å². The monoisotopic (exact) mass is 587 g/mol. The zero-order valence-corrected chi connectivity index (χ0v) is 21.2. The molecule has 35 heavy (non-hydrogen) atoms. The second-order valence-corrected chi connectivity index (χ2v) is 9.37. The second kappa shape index (κ2) is 10.4. The molecule has 3 atom stereocenters. The number of benzene rings is 3. The van der Waals surface area contributed by atoms with Crippen LogP contribution in [0.1, 0.15) is 30.0 Å². The summed E-state index contributed by atoms with van der Waals surface area (Å²) in [6.45, 7) is 1.76. The molecule has 1 aliphatic heterocycles. The summed E-state index contributed by atoms with van der Waals surface area (Å²) < 4.78 is 20.3. The maximum absolute atomic E-state index is 14.5. The van der Waals surface area contributed by atoms with Gasteiger partial charge in [-0.15, -0.1) is 0 Å². The minimum atomic E-state index is -1.22. The highest BCUT2D eigenvalue weighted by Crippen LogP contribution is 2.32. The molecule has 7 nitrogen and oxygen atoms in total. The Kier molecular flexibility index (Phi) is 7.34. The molecule has 9 heteroatoms. The number of rotatable bonds is 7. The van der Waals surface area contributed by atoms with Crippen molar-refractivity contribution < 1.29 is 23.5 Å². The van der Waals surface area contributed by atoms with Gasteiger partial charge in [0.15, 0.2) is 0 Å². The Bertz CT molecular complexity index is 1250. The molecule has 0 aliphatic carbocycles. The number of carbonyl (C=O) groups is 3. The highest BCUT2D eigenvalue weighted by atomic mass is 127. The van der Waals surface area contributed by atoms with E-state index in [9.17, 15) is 18.8 Å². The molecule has 4 rings (SSSR count). The first kappa shape index (κ1) is 24.6. The maximum Gasteiger partial charge on any atom is 0.325 e. The largest absolute Gasteiger partial charge is 0.497 e. The summed E-state index contributed by atoms with van der Waals surface area (Å²) in [5.74, 6) is -1.79. The molecule has 1 aliphatic rings. The summed E-state index contributed by atoms with van der Waals surface area (Å²) in [7, 11) is 1.53. The van der Waals surface area contributed by atoms with E-state index < -0.39 is 41.7 Å². The second-order valence-electron chi connectivity index (χ2n) is 8.12. The lowest BCUT2D eigenvalue weighted by atomic mass is 9.91. The molecule has 4 amide bonds. The number of ether oxygens (including phenoxy) is 1. The number of hydrogen-bond acceptors (Lipinski definition) is 4. The summed E-state index contributed by atoms with van der Waals surface area (Å²) in [5, 5.41) is 5.24. The van der Waals surface area contributed by atoms with Crippen LogP contribution >= 0.6 is 22.6 Å². The average molecular weight is 587 g/mol. The molecule has 0 aromatic heterocycles. The van der Waals surface area contributed by atoms with Gasteiger partial charge in [-0.05, 0) is 64.0 Å². The molecular weight excluding hydrogens is 564 g/mol. The number of amides is 4. The third-order valence-electron chi connectivity index (χ3n) is 5.95. The van der Waals surface area contributed by atoms with Crippen LogP contribution in [0.25, 0.3) is 0 Å². The smallest absolute Gasteiger partial charge is 0.325 e. The topological polar surface area (TPSA) is 87.7 Å². The molecule has 180 valence electrons. The van der Waals surface area contributed by atoms with Crippen molar-refractivity contribution in [2.24, 2.45) is 0 Å². The first-order valence-corrected chi connectivity index (χ1v) is 12.0. The van der Waals surface area contributed by atoms with Crippen LogP contribution in [0.2, 0.25) is 0 Å². The lowest BCUT2D eigenvalue weighted by molar-refractivity contribution is -0.134. The van der Waals surface area contributed by atoms with Crippen molar-refractivity contribution in [3.05, 3.63) is 93.3 Å². The Morgan fingerprint density at radius 3 is 2.40 bits per heavy atom. The van der Waals surface area contributed by atoms with E-state index in [1.54, 1.807) is 37.3 Å². The fraction of sp³-hybridized carbons (Fsp3) is 0.192. The first-order valence-electron chi connectivity index (χ1n) is 10.9. The van der Waals surface area contributed by atoms with Gasteiger partial charge < -0.3 is 15.4 Å². The predicted molar refractivity (Wildman–Crippen MR) is 138 cm³/mol. The zero-order chi connectivity index (χ0) is 25.1. The minimum Gasteiger partial charge on any atom is -0.497 e. The molecule has 3 aromatic carbocycles. The molecular formula is C26H23FIN3O4. The minimum absolute atomic E-state index is 0.0283. The molecule has 1 heterocycles. The van der Waals surface area contributed by atoms with Crippen molar-refractivity contribution in [2.45, 2.75) is 24.9 Å². The maximum atomic E-state index is 14.5. The zero-order valence-electron chi connectivity index (χ0n) is 19.0. The van der Waals surface area contributed by atoms with Crippen molar-refractivity contribution >= 4 is 46.1 Å². The highest BCUT2D eigenvalue weighted by Gasteiger charge is 2.47. The molecule has 0 saturated carbocycles. The van der Waals surface area contributed by atoms with Crippen LogP contribution < -0.4 is 15.4 Å². The number of nitrogens with one attached hydrogen (secondary N) is 2. The SMILES string of the molecule is COc1ccc([C@H]2NC(=O)N(C(C(=O)Nc3ccc(I)cc3F)[C@@H](C)c3ccccc3)C2=O)cc1. The van der Waals surface area contributed by atoms with E-state index in [4.69, 9.17) is 4.74 Å². The van der Waals surface area contributed by atoms with Crippen molar-refractivity contribution in [1.29, 1.82) is 0 Å². The van der Waals surface area contributed by atoms with Gasteiger partial charge in [-0.3, -0.25) is 9.59 Å². The summed E-state index contributed by atoms with van der Waals surface area (Å²) >= 11 is 1.97. The van der Waals surface area contributed by atoms with Gasteiger partial charge in [-0.2, -0.15) is 0 Å². The number of carbonyl (C=O) groups excluding carboxylic acids is 3. The summed E-state index contributed by atoms with van der Waals surface area (Å²) in [4.78, 5) is 41.0. The third kappa shape index (κ3) is 5.14. The van der Waals surface area contributed by atoms with Crippen LogP contribution in [-0.2, 0) is 9.59 Å². The Labute approximate surface area is 215 Å². The van der Waals surface area contributed by atoms with E-state index in [0.29, 0.717) is 14.9 Å². The molecule has 1 saturated heterocycles. The molecule has 1 unspecified atom stereocenters. The van der Waals surface area contributed by atoms with Gasteiger partial charge in [0.05, 0.1) is 12.8 Å². The number of methoxy groups -OCH3 is 1. The Morgan fingerprint density at radius 1 is 1.09 bits per heavy atom. The fourth-order valence-corrected chi connectivity index (χ4v) is 4.54. The van der Waals surface area contributed by atoms with E-state index in [-0.39, 0.29) is 5.69 Å². The highest BCUT2D eigenvalue weighted by molar-refractivity contribution is 14.1. The number of halogens is 2. The Hall–Kier alpha value is -3.47. The standard InChI is InChI=1S/C26H23FIN3O4/c1-15(16-6-4-3-5-7-16)23(24(32)29-21-13-10-18(28)14-20(21)27)31-25(33)22(30-26(31)34)17-8-11-19(35-2)12-9-17/h3-15,22-23H,1-2H3,(H,29,32)(H,30,34)/t15-,22+,23?/m0/s1. The lowest BCUT2D eigenvalue weighted by Gasteiger charge is -2.30. The predicted octanol–water partition coefficient (Wildman–Crippen LogP) is 4.84. The number of hydrogen-bond donors (Lipinski definition) is 2. The number of anilines is 1. The lowest BCUT2D eigenvalue weighted by Crippen LogP contribution is -2.50. The first-order chi connectivity index (χ1) is 16.8. The third-order valence-corrected chi connectivity index (χ3v) is 6.63. The number of nitrogens with zero attached hydrogens (tertiary/aromatic N) is 1. The van der Waals surface area contributed by atoms with Crippen molar-refractivity contribution in [2.75, 3.05) is 12.4 Å². The Balaban J connectivity index is 1.68. The van der Waals surface area contributed by atoms with Crippen molar-refractivity contribution in [3.8, 4) is 5.75 Å². The van der Waals surface area contributed by atoms with Crippen molar-refractivity contribution in [3.63, 3.8) is 0 Å². The van der Waals surface area contributed by atoms with E-state index in [1.165, 1.54) is 19.2 Å². The summed E-state index contributed by atoms with van der Waals surface area (Å²) in [5.41, 5.74) is 1.28. The van der Waals surface area contributed by atoms with Crippen LogP contribution in [0.3, 0.4) is 0 Å². The fourth-order valence-electron chi connectivity index (χ4n) is 4.08. The van der Waals surface area contributed by atoms with Crippen LogP contribution in [0.4, 0.5) is 14.9 Å². The van der Waals surface area contributed by atoms with E-state index in [0.717, 1.165) is 10.5 Å². The normalized spacial score (nSPS) is 17.0. The quantitative estimate of drug-likeness (QED) is 0.306. The number of urea groups is 1. The number of imide groups is 1. The van der Waals surface area contributed by atoms with E-state index >= 15 is 0 Å². The van der Waals surface area contributed by atoms with Crippen LogP contribution in [0.15, 0.2) is 72.8 Å². The molecule has 0 spiro atoms. The average Bonchev–Trinajstić information content (AvgIpc) is 3.15. The van der Waals surface area contributed by atoms with E-state index in [2.05, 4.69) is 10.6 Å². The van der Waals surface area contributed by atoms with Crippen LogP contribution in [0, 0.1) is 9.39 Å². The Morgan fingerprint density at radius 2 is 1.77 bits per heavy atom. The van der Waals surface area contributed by atoms with Crippen LogP contribution in [-0.4, -0.2) is 35.9 Å². The molecule has 3 aromatic rings. The van der Waals surface area contributed by atoms with Crippen molar-refractivity contribution in [1.82, 2.24) is 10.2 Å². The molecule has 0 radical (unpaired) electrons. The van der Waals surface area contributed by atoms with Gasteiger partial charge in [0.25, 0.3) is 5.91 Å². The molecule has 2 N–H and O–H groups in total. The molecule has 0 bridgehead atoms. The van der Waals surface area contributed by atoms with Gasteiger partial charge in [0.2, 0.25) is 5.91 Å². The van der Waals surface area contributed by atoms with Gasteiger partial charge in [-0.1, -0.05) is 49.4 Å². The molecule has 1 fully saturated rings. The van der Waals surface area contributed by atoms with Gasteiger partial charge >= 0.3 is 6.03 Å². The van der Waals surface area contributed by atoms with Crippen LogP contribution in [0.5, 0.6) is 5.75 Å². The van der Waals surface area contributed by atoms with Gasteiger partial charge in [-0.25, -0.2) is 14.1 Å². The summed E-state index contributed by atoms with van der Waals surface area (Å²) in [6.07, 6.45) is 0. The summed E-state index contributed by atoms with van der Waals surface area (Å²) in [6, 6.07) is 17.4. The van der Waals surface area contributed by atoms with E-state index in [1.807, 2.05) is 52.9 Å². The van der Waals surface area contributed by atoms with Gasteiger partial charge in [0.1, 0.15) is 23.7 Å².